The van der Waals surface area contributed by atoms with E-state index in [2.05, 4.69) is 48.1 Å². The molecule has 1 atom stereocenters. The van der Waals surface area contributed by atoms with Gasteiger partial charge >= 0.3 is 11.9 Å². The maximum atomic E-state index is 9.55. The normalized spacial score (nSPS) is 11.5. The number of thiazole rings is 1. The first-order valence-corrected chi connectivity index (χ1v) is 11.8. The minimum Gasteiger partial charge on any atom is -0.492 e. The van der Waals surface area contributed by atoms with Crippen LogP contribution in [0, 0.1) is 3.95 Å². The first kappa shape index (κ1) is 27.0. The standard InChI is InChI=1S/C21H24N2OS2.C4H4O4/c1-16(15-24-18-11-7-4-8-12-18)22-14-13-19-20(23(2)21(25)26-19)17-9-5-3-6-10-17;5-3(6)1-2-4(7)8/h3-12,16,22H,13-15H2,1-2H3;1-2H,(H,5,6)(H,7,8)/b;2-1-. The molecule has 0 saturated heterocycles. The van der Waals surface area contributed by atoms with E-state index in [0.29, 0.717) is 18.8 Å². The van der Waals surface area contributed by atoms with Gasteiger partial charge in [-0.05, 0) is 43.3 Å². The summed E-state index contributed by atoms with van der Waals surface area (Å²) in [5, 5.41) is 19.2. The van der Waals surface area contributed by atoms with E-state index >= 15 is 0 Å². The summed E-state index contributed by atoms with van der Waals surface area (Å²) in [6.07, 6.45) is 2.07. The molecule has 180 valence electrons. The fraction of sp³-hybridized carbons (Fsp3) is 0.240. The van der Waals surface area contributed by atoms with Gasteiger partial charge in [0.1, 0.15) is 12.4 Å². The summed E-state index contributed by atoms with van der Waals surface area (Å²) in [7, 11) is 2.05. The van der Waals surface area contributed by atoms with Gasteiger partial charge in [-0.25, -0.2) is 9.59 Å². The van der Waals surface area contributed by atoms with E-state index in [1.165, 1.54) is 16.1 Å². The van der Waals surface area contributed by atoms with Crippen LogP contribution in [0.25, 0.3) is 11.3 Å². The molecule has 1 unspecified atom stereocenters. The van der Waals surface area contributed by atoms with E-state index < -0.39 is 11.9 Å². The number of nitrogens with zero attached hydrogens (tertiary/aromatic N) is 1. The molecule has 1 aromatic heterocycles. The first-order valence-electron chi connectivity index (χ1n) is 10.6. The smallest absolute Gasteiger partial charge is 0.328 e. The Morgan fingerprint density at radius 3 is 2.18 bits per heavy atom. The Morgan fingerprint density at radius 2 is 1.62 bits per heavy atom. The lowest BCUT2D eigenvalue weighted by atomic mass is 10.1. The summed E-state index contributed by atoms with van der Waals surface area (Å²) in [5.74, 6) is -1.60. The van der Waals surface area contributed by atoms with Gasteiger partial charge in [-0.1, -0.05) is 48.5 Å². The van der Waals surface area contributed by atoms with Crippen LogP contribution in [0.3, 0.4) is 0 Å². The molecule has 0 aliphatic rings. The van der Waals surface area contributed by atoms with Gasteiger partial charge in [0.05, 0.1) is 5.69 Å². The fourth-order valence-electron chi connectivity index (χ4n) is 2.99. The molecule has 0 amide bonds. The topological polar surface area (TPSA) is 101 Å². The maximum Gasteiger partial charge on any atom is 0.328 e. The summed E-state index contributed by atoms with van der Waals surface area (Å²) >= 11 is 7.20. The number of carboxylic acid groups (broad SMARTS) is 2. The van der Waals surface area contributed by atoms with E-state index in [9.17, 15) is 9.59 Å². The van der Waals surface area contributed by atoms with Crippen molar-refractivity contribution < 1.29 is 24.5 Å². The summed E-state index contributed by atoms with van der Waals surface area (Å²) in [5.41, 5.74) is 2.45. The first-order chi connectivity index (χ1) is 16.3. The minimum absolute atomic E-state index is 0.284. The maximum absolute atomic E-state index is 9.55. The van der Waals surface area contributed by atoms with Crippen LogP contribution in [-0.2, 0) is 23.1 Å². The SMILES string of the molecule is CC(COc1ccccc1)NCCc1sc(=S)n(C)c1-c1ccccc1.O=C(O)/C=C\C(=O)O. The highest BCUT2D eigenvalue weighted by atomic mass is 32.1. The Hall–Kier alpha value is -3.27. The number of nitrogens with one attached hydrogen (secondary N) is 1. The van der Waals surface area contributed by atoms with E-state index in [-0.39, 0.29) is 6.04 Å². The second-order valence-electron chi connectivity index (χ2n) is 7.30. The van der Waals surface area contributed by atoms with Crippen molar-refractivity contribution in [2.75, 3.05) is 13.2 Å². The van der Waals surface area contributed by atoms with Crippen LogP contribution in [0.4, 0.5) is 0 Å². The molecule has 0 fully saturated rings. The minimum atomic E-state index is -1.26. The van der Waals surface area contributed by atoms with Gasteiger partial charge in [0.15, 0.2) is 3.95 Å². The highest BCUT2D eigenvalue weighted by Gasteiger charge is 2.12. The van der Waals surface area contributed by atoms with Crippen molar-refractivity contribution in [1.82, 2.24) is 9.88 Å². The molecule has 0 bridgehead atoms. The zero-order valence-corrected chi connectivity index (χ0v) is 20.6. The summed E-state index contributed by atoms with van der Waals surface area (Å²) in [4.78, 5) is 20.4. The van der Waals surface area contributed by atoms with Crippen molar-refractivity contribution in [2.24, 2.45) is 7.05 Å². The van der Waals surface area contributed by atoms with Crippen molar-refractivity contribution in [3.63, 3.8) is 0 Å². The number of benzene rings is 2. The van der Waals surface area contributed by atoms with Crippen LogP contribution >= 0.6 is 23.6 Å². The summed E-state index contributed by atoms with van der Waals surface area (Å²) < 4.78 is 8.84. The Labute approximate surface area is 208 Å². The Kier molecular flexibility index (Phi) is 11.2. The second kappa shape index (κ2) is 14.1. The molecule has 7 nitrogen and oxygen atoms in total. The number of aliphatic carboxylic acids is 2. The van der Waals surface area contributed by atoms with E-state index in [1.54, 1.807) is 11.3 Å². The lowest BCUT2D eigenvalue weighted by Gasteiger charge is -2.15. The van der Waals surface area contributed by atoms with Crippen LogP contribution in [0.15, 0.2) is 72.8 Å². The highest BCUT2D eigenvalue weighted by Crippen LogP contribution is 2.29. The third-order valence-corrected chi connectivity index (χ3v) is 6.20. The van der Waals surface area contributed by atoms with Gasteiger partial charge in [0.25, 0.3) is 0 Å². The molecule has 1 heterocycles. The van der Waals surface area contributed by atoms with Crippen molar-refractivity contribution in [3.05, 3.63) is 81.6 Å². The van der Waals surface area contributed by atoms with Crippen molar-refractivity contribution in [2.45, 2.75) is 19.4 Å². The molecule has 3 rings (SSSR count). The van der Waals surface area contributed by atoms with Gasteiger partial charge in [-0.2, -0.15) is 0 Å². The van der Waals surface area contributed by atoms with E-state index in [1.807, 2.05) is 36.4 Å². The van der Waals surface area contributed by atoms with Crippen molar-refractivity contribution in [1.29, 1.82) is 0 Å². The zero-order valence-electron chi connectivity index (χ0n) is 19.0. The van der Waals surface area contributed by atoms with Gasteiger partial charge in [-0.15, -0.1) is 11.3 Å². The Bertz CT molecular complexity index is 1130. The molecular weight excluding hydrogens is 472 g/mol. The molecule has 9 heteroatoms. The molecule has 0 aliphatic heterocycles. The second-order valence-corrected chi connectivity index (χ2v) is 9.03. The molecular formula is C25H28N2O5S2. The molecule has 2 aromatic carbocycles. The molecule has 0 saturated carbocycles. The lowest BCUT2D eigenvalue weighted by molar-refractivity contribution is -0.134. The number of rotatable bonds is 10. The summed E-state index contributed by atoms with van der Waals surface area (Å²) in [6.45, 7) is 3.70. The predicted octanol–water partition coefficient (Wildman–Crippen LogP) is 4.79. The third kappa shape index (κ3) is 9.30. The molecule has 0 radical (unpaired) electrons. The van der Waals surface area contributed by atoms with E-state index in [0.717, 1.165) is 22.7 Å². The molecule has 0 aliphatic carbocycles. The van der Waals surface area contributed by atoms with Crippen LogP contribution in [-0.4, -0.2) is 45.9 Å². The third-order valence-electron chi connectivity index (χ3n) is 4.59. The van der Waals surface area contributed by atoms with Gasteiger partial charge in [0.2, 0.25) is 0 Å². The number of carbonyl (C=O) groups is 2. The Balaban J connectivity index is 0.000000440. The van der Waals surface area contributed by atoms with Crippen LogP contribution in [0.5, 0.6) is 5.75 Å². The van der Waals surface area contributed by atoms with Crippen LogP contribution in [0.1, 0.15) is 11.8 Å². The molecule has 0 spiro atoms. The monoisotopic (exact) mass is 500 g/mol. The molecule has 3 aromatic rings. The number of hydrogen-bond acceptors (Lipinski definition) is 6. The number of carboxylic acids is 2. The highest BCUT2D eigenvalue weighted by molar-refractivity contribution is 7.73. The van der Waals surface area contributed by atoms with Gasteiger partial charge < -0.3 is 24.8 Å². The number of hydrogen-bond donors (Lipinski definition) is 3. The van der Waals surface area contributed by atoms with Crippen LogP contribution < -0.4 is 10.1 Å². The molecule has 34 heavy (non-hydrogen) atoms. The average Bonchev–Trinajstić information content (AvgIpc) is 3.11. The largest absolute Gasteiger partial charge is 0.492 e. The Morgan fingerprint density at radius 1 is 1.06 bits per heavy atom. The van der Waals surface area contributed by atoms with Crippen molar-refractivity contribution >= 4 is 35.5 Å². The van der Waals surface area contributed by atoms with Gasteiger partial charge in [-0.3, -0.25) is 0 Å². The average molecular weight is 501 g/mol. The summed E-state index contributed by atoms with van der Waals surface area (Å²) in [6, 6.07) is 20.7. The van der Waals surface area contributed by atoms with Crippen LogP contribution in [0.2, 0.25) is 0 Å². The van der Waals surface area contributed by atoms with Crippen molar-refractivity contribution in [3.8, 4) is 17.0 Å². The molecule has 3 N–H and O–H groups in total. The zero-order chi connectivity index (χ0) is 24.9. The number of aromatic nitrogens is 1. The predicted molar refractivity (Wildman–Crippen MR) is 137 cm³/mol. The van der Waals surface area contributed by atoms with Gasteiger partial charge in [0, 0.05) is 36.7 Å². The van der Waals surface area contributed by atoms with E-state index in [4.69, 9.17) is 27.2 Å². The number of ether oxygens (including phenoxy) is 1. The fourth-order valence-corrected chi connectivity index (χ4v) is 4.38. The quantitative estimate of drug-likeness (QED) is 0.272. The number of para-hydroxylation sites is 1. The lowest BCUT2D eigenvalue weighted by Crippen LogP contribution is -2.33.